The van der Waals surface area contributed by atoms with Crippen LogP contribution < -0.4 is 5.32 Å². The summed E-state index contributed by atoms with van der Waals surface area (Å²) in [7, 11) is -3.55. The Balaban J connectivity index is 0.00000147. The first kappa shape index (κ1) is 15.6. The first-order valence-corrected chi connectivity index (χ1v) is 7.79. The molecule has 0 saturated carbocycles. The third-order valence-corrected chi connectivity index (χ3v) is 5.12. The van der Waals surface area contributed by atoms with Gasteiger partial charge in [0, 0.05) is 48.7 Å². The highest BCUT2D eigenvalue weighted by molar-refractivity contribution is 7.89. The Morgan fingerprint density at radius 1 is 1.20 bits per heavy atom. The molecule has 0 radical (unpaired) electrons. The molecule has 1 fully saturated rings. The third-order valence-electron chi connectivity index (χ3n) is 3.13. The summed E-state index contributed by atoms with van der Waals surface area (Å²) in [6, 6.07) is 6.62. The van der Waals surface area contributed by atoms with Crippen LogP contribution in [0, 0.1) is 0 Å². The fourth-order valence-electron chi connectivity index (χ4n) is 2.12. The van der Waals surface area contributed by atoms with Gasteiger partial charge in [-0.1, -0.05) is 11.6 Å². The largest absolute Gasteiger partial charge is 0.443 e. The van der Waals surface area contributed by atoms with Gasteiger partial charge in [-0.3, -0.25) is 0 Å². The number of halogens is 2. The number of piperazine rings is 1. The van der Waals surface area contributed by atoms with Crippen molar-refractivity contribution in [1.82, 2.24) is 9.62 Å². The van der Waals surface area contributed by atoms with Crippen LogP contribution in [0.2, 0.25) is 5.02 Å². The molecule has 0 amide bonds. The minimum absolute atomic E-state index is 0. The van der Waals surface area contributed by atoms with Crippen molar-refractivity contribution in [2.45, 2.75) is 5.09 Å². The molecule has 0 atom stereocenters. The van der Waals surface area contributed by atoms with Crippen LogP contribution in [0.5, 0.6) is 0 Å². The van der Waals surface area contributed by atoms with E-state index in [0.717, 1.165) is 5.39 Å². The first-order chi connectivity index (χ1) is 9.07. The number of hydrogen-bond donors (Lipinski definition) is 1. The van der Waals surface area contributed by atoms with Crippen LogP contribution in [0.4, 0.5) is 0 Å². The summed E-state index contributed by atoms with van der Waals surface area (Å²) in [4.78, 5) is 0. The Morgan fingerprint density at radius 2 is 1.90 bits per heavy atom. The zero-order valence-corrected chi connectivity index (χ0v) is 12.9. The van der Waals surface area contributed by atoms with Crippen molar-refractivity contribution in [3.63, 3.8) is 0 Å². The molecule has 1 aliphatic heterocycles. The van der Waals surface area contributed by atoms with Gasteiger partial charge in [0.25, 0.3) is 10.0 Å². The van der Waals surface area contributed by atoms with Gasteiger partial charge in [-0.15, -0.1) is 12.4 Å². The lowest BCUT2D eigenvalue weighted by Gasteiger charge is -2.25. The molecule has 0 bridgehead atoms. The summed E-state index contributed by atoms with van der Waals surface area (Å²) >= 11 is 5.86. The molecule has 0 aliphatic carbocycles. The lowest BCUT2D eigenvalue weighted by Crippen LogP contribution is -2.46. The number of sulfonamides is 1. The van der Waals surface area contributed by atoms with Gasteiger partial charge in [0.15, 0.2) is 0 Å². The molecule has 0 unspecified atom stereocenters. The quantitative estimate of drug-likeness (QED) is 0.912. The highest BCUT2D eigenvalue weighted by atomic mass is 35.5. The number of rotatable bonds is 2. The molecule has 20 heavy (non-hydrogen) atoms. The second-order valence-electron chi connectivity index (χ2n) is 4.40. The van der Waals surface area contributed by atoms with Crippen molar-refractivity contribution in [3.05, 3.63) is 29.3 Å². The smallest absolute Gasteiger partial charge is 0.276 e. The summed E-state index contributed by atoms with van der Waals surface area (Å²) in [5.74, 6) is 0. The zero-order chi connectivity index (χ0) is 13.5. The van der Waals surface area contributed by atoms with Crippen molar-refractivity contribution < 1.29 is 12.8 Å². The molecule has 110 valence electrons. The number of fused-ring (bicyclic) bond motifs is 1. The summed E-state index contributed by atoms with van der Waals surface area (Å²) in [6.45, 7) is 2.23. The minimum atomic E-state index is -3.55. The van der Waals surface area contributed by atoms with Crippen LogP contribution in [-0.2, 0) is 10.0 Å². The van der Waals surface area contributed by atoms with Gasteiger partial charge in [-0.05, 0) is 12.1 Å². The maximum absolute atomic E-state index is 12.4. The Hall–Kier alpha value is -0.790. The monoisotopic (exact) mass is 336 g/mol. The number of benzene rings is 1. The second kappa shape index (κ2) is 5.91. The molecule has 1 saturated heterocycles. The Labute approximate surface area is 128 Å². The summed E-state index contributed by atoms with van der Waals surface area (Å²) in [6.07, 6.45) is 0. The predicted octanol–water partition coefficient (Wildman–Crippen LogP) is 2.10. The van der Waals surface area contributed by atoms with Crippen molar-refractivity contribution in [1.29, 1.82) is 0 Å². The Bertz CT molecular complexity index is 709. The Morgan fingerprint density at radius 3 is 2.60 bits per heavy atom. The standard InChI is InChI=1S/C12H13ClN2O3S.ClH/c13-10-2-1-9-7-12(18-11(9)8-10)19(16,17)15-5-3-14-4-6-15;/h1-2,7-8,14H,3-6H2;1H. The van der Waals surface area contributed by atoms with Gasteiger partial charge < -0.3 is 9.73 Å². The fourth-order valence-corrected chi connectivity index (χ4v) is 3.67. The van der Waals surface area contributed by atoms with Crippen LogP contribution in [0.25, 0.3) is 11.0 Å². The minimum Gasteiger partial charge on any atom is -0.443 e. The average Bonchev–Trinajstić information content (AvgIpc) is 2.83. The van der Waals surface area contributed by atoms with Gasteiger partial charge in [-0.25, -0.2) is 8.42 Å². The van der Waals surface area contributed by atoms with E-state index in [2.05, 4.69) is 5.32 Å². The normalized spacial score (nSPS) is 17.1. The molecule has 0 spiro atoms. The summed E-state index contributed by atoms with van der Waals surface area (Å²) in [5.41, 5.74) is 0.487. The van der Waals surface area contributed by atoms with E-state index in [0.29, 0.717) is 36.8 Å². The van der Waals surface area contributed by atoms with E-state index >= 15 is 0 Å². The van der Waals surface area contributed by atoms with Crippen LogP contribution in [0.3, 0.4) is 0 Å². The van der Waals surface area contributed by atoms with Gasteiger partial charge in [0.05, 0.1) is 0 Å². The van der Waals surface area contributed by atoms with Gasteiger partial charge in [-0.2, -0.15) is 4.31 Å². The Kier molecular flexibility index (Phi) is 4.61. The lowest BCUT2D eigenvalue weighted by atomic mass is 10.3. The highest BCUT2D eigenvalue weighted by Gasteiger charge is 2.29. The molecular weight excluding hydrogens is 323 g/mol. The van der Waals surface area contributed by atoms with Gasteiger partial charge in [0.2, 0.25) is 5.09 Å². The van der Waals surface area contributed by atoms with Crippen LogP contribution in [0.1, 0.15) is 0 Å². The predicted molar refractivity (Wildman–Crippen MR) is 80.1 cm³/mol. The molecule has 2 aromatic rings. The van der Waals surface area contributed by atoms with E-state index in [-0.39, 0.29) is 17.5 Å². The van der Waals surface area contributed by atoms with E-state index in [4.69, 9.17) is 16.0 Å². The maximum Gasteiger partial charge on any atom is 0.276 e. The van der Waals surface area contributed by atoms with Crippen molar-refractivity contribution in [2.24, 2.45) is 0 Å². The number of nitrogens with zero attached hydrogens (tertiary/aromatic N) is 1. The first-order valence-electron chi connectivity index (χ1n) is 5.97. The van der Waals surface area contributed by atoms with E-state index in [1.54, 1.807) is 24.3 Å². The van der Waals surface area contributed by atoms with Gasteiger partial charge >= 0.3 is 0 Å². The molecular formula is C12H14Cl2N2O3S. The van der Waals surface area contributed by atoms with Crippen molar-refractivity contribution >= 4 is 45.0 Å². The third kappa shape index (κ3) is 2.80. The molecule has 2 heterocycles. The van der Waals surface area contributed by atoms with Crippen molar-refractivity contribution in [3.8, 4) is 0 Å². The molecule has 1 aromatic carbocycles. The molecule has 5 nitrogen and oxygen atoms in total. The highest BCUT2D eigenvalue weighted by Crippen LogP contribution is 2.27. The number of hydrogen-bond acceptors (Lipinski definition) is 4. The SMILES string of the molecule is Cl.O=S(=O)(c1cc2ccc(Cl)cc2o1)N1CCNCC1. The zero-order valence-electron chi connectivity index (χ0n) is 10.5. The molecule has 8 heteroatoms. The maximum atomic E-state index is 12.4. The van der Waals surface area contributed by atoms with E-state index in [9.17, 15) is 8.42 Å². The second-order valence-corrected chi connectivity index (χ2v) is 6.71. The fraction of sp³-hybridized carbons (Fsp3) is 0.333. The van der Waals surface area contributed by atoms with Crippen LogP contribution >= 0.6 is 24.0 Å². The average molecular weight is 337 g/mol. The molecule has 3 rings (SSSR count). The van der Waals surface area contributed by atoms with E-state index in [1.807, 2.05) is 0 Å². The molecule has 1 N–H and O–H groups in total. The van der Waals surface area contributed by atoms with Gasteiger partial charge in [0.1, 0.15) is 5.58 Å². The number of furan rings is 1. The molecule has 1 aromatic heterocycles. The van der Waals surface area contributed by atoms with E-state index < -0.39 is 10.0 Å². The van der Waals surface area contributed by atoms with Crippen molar-refractivity contribution in [2.75, 3.05) is 26.2 Å². The number of nitrogens with one attached hydrogen (secondary N) is 1. The lowest BCUT2D eigenvalue weighted by molar-refractivity contribution is 0.347. The van der Waals surface area contributed by atoms with Crippen LogP contribution in [0.15, 0.2) is 33.8 Å². The van der Waals surface area contributed by atoms with Crippen LogP contribution in [-0.4, -0.2) is 38.9 Å². The summed E-state index contributed by atoms with van der Waals surface area (Å²) < 4.78 is 31.7. The van der Waals surface area contributed by atoms with E-state index in [1.165, 1.54) is 4.31 Å². The topological polar surface area (TPSA) is 62.6 Å². The summed E-state index contributed by atoms with van der Waals surface area (Å²) in [5, 5.41) is 4.35. The molecule has 1 aliphatic rings.